The van der Waals surface area contributed by atoms with E-state index in [-0.39, 0.29) is 18.4 Å². The van der Waals surface area contributed by atoms with Gasteiger partial charge >= 0.3 is 6.09 Å². The van der Waals surface area contributed by atoms with E-state index in [1.165, 1.54) is 4.90 Å². The molecule has 0 saturated carbocycles. The highest BCUT2D eigenvalue weighted by Gasteiger charge is 2.39. The van der Waals surface area contributed by atoms with Crippen molar-refractivity contribution in [3.8, 4) is 0 Å². The Labute approximate surface area is 94.8 Å². The van der Waals surface area contributed by atoms with Gasteiger partial charge in [-0.25, -0.2) is 4.79 Å². The summed E-state index contributed by atoms with van der Waals surface area (Å²) in [5.74, 6) is -0.151. The maximum atomic E-state index is 11.3. The summed E-state index contributed by atoms with van der Waals surface area (Å²) in [5, 5.41) is 11.8. The average Bonchev–Trinajstić information content (AvgIpc) is 2.08. The number of carboxylic acid groups (broad SMARTS) is 1. The molecule has 1 aliphatic heterocycles. The molecule has 0 aliphatic carbocycles. The van der Waals surface area contributed by atoms with E-state index in [1.54, 1.807) is 20.8 Å². The number of piperidine rings is 1. The summed E-state index contributed by atoms with van der Waals surface area (Å²) in [5.41, 5.74) is 5.29. The Bertz CT molecular complexity index is 298. The molecule has 6 nitrogen and oxygen atoms in total. The second-order valence-corrected chi connectivity index (χ2v) is 5.06. The van der Waals surface area contributed by atoms with Crippen LogP contribution in [0.15, 0.2) is 0 Å². The van der Waals surface area contributed by atoms with Gasteiger partial charge in [-0.3, -0.25) is 9.69 Å². The second kappa shape index (κ2) is 4.29. The Morgan fingerprint density at radius 1 is 1.56 bits per heavy atom. The molecule has 2 amide bonds. The number of amides is 2. The Hall–Kier alpha value is -1.30. The van der Waals surface area contributed by atoms with Crippen LogP contribution in [0, 0.1) is 0 Å². The lowest BCUT2D eigenvalue weighted by Crippen LogP contribution is -2.63. The number of hydrogen-bond donors (Lipinski definition) is 3. The Morgan fingerprint density at radius 3 is 2.56 bits per heavy atom. The molecule has 0 spiro atoms. The first-order valence-electron chi connectivity index (χ1n) is 5.28. The van der Waals surface area contributed by atoms with Crippen molar-refractivity contribution in [2.24, 2.45) is 5.73 Å². The van der Waals surface area contributed by atoms with Crippen molar-refractivity contribution in [3.05, 3.63) is 0 Å². The van der Waals surface area contributed by atoms with Crippen molar-refractivity contribution < 1.29 is 14.7 Å². The van der Waals surface area contributed by atoms with Crippen molar-refractivity contribution in [2.75, 3.05) is 6.54 Å². The summed E-state index contributed by atoms with van der Waals surface area (Å²) < 4.78 is 0. The quantitative estimate of drug-likeness (QED) is 0.589. The molecular formula is C10H19N3O3. The first-order valence-corrected chi connectivity index (χ1v) is 5.28. The van der Waals surface area contributed by atoms with E-state index in [0.717, 1.165) is 0 Å². The average molecular weight is 229 g/mol. The molecule has 2 atom stereocenters. The van der Waals surface area contributed by atoms with Crippen LogP contribution in [0.3, 0.4) is 0 Å². The van der Waals surface area contributed by atoms with Crippen LogP contribution >= 0.6 is 0 Å². The van der Waals surface area contributed by atoms with Gasteiger partial charge in [-0.05, 0) is 20.8 Å². The Kier molecular flexibility index (Phi) is 3.42. The number of carbonyl (C=O) groups excluding carboxylic acids is 1. The fourth-order valence-corrected chi connectivity index (χ4v) is 1.99. The predicted octanol–water partition coefficient (Wildman–Crippen LogP) is -0.0193. The summed E-state index contributed by atoms with van der Waals surface area (Å²) >= 11 is 0. The maximum absolute atomic E-state index is 11.3. The van der Waals surface area contributed by atoms with Gasteiger partial charge in [0.15, 0.2) is 0 Å². The molecule has 0 bridgehead atoms. The predicted molar refractivity (Wildman–Crippen MR) is 59.0 cm³/mol. The summed E-state index contributed by atoms with van der Waals surface area (Å²) in [6.07, 6.45) is -0.910. The molecule has 16 heavy (non-hydrogen) atoms. The van der Waals surface area contributed by atoms with Gasteiger partial charge < -0.3 is 16.2 Å². The van der Waals surface area contributed by atoms with Gasteiger partial charge in [0.2, 0.25) is 5.91 Å². The minimum Gasteiger partial charge on any atom is -0.465 e. The maximum Gasteiger partial charge on any atom is 0.408 e. The summed E-state index contributed by atoms with van der Waals surface area (Å²) in [7, 11) is 0. The zero-order valence-electron chi connectivity index (χ0n) is 9.86. The van der Waals surface area contributed by atoms with Crippen LogP contribution in [0.5, 0.6) is 0 Å². The lowest BCUT2D eigenvalue weighted by Gasteiger charge is -2.43. The fourth-order valence-electron chi connectivity index (χ4n) is 1.99. The third-order valence-corrected chi connectivity index (χ3v) is 2.68. The first-order chi connectivity index (χ1) is 7.23. The summed E-state index contributed by atoms with van der Waals surface area (Å²) in [6.45, 7) is 5.70. The van der Waals surface area contributed by atoms with Gasteiger partial charge in [0, 0.05) is 24.5 Å². The Morgan fingerprint density at radius 2 is 2.12 bits per heavy atom. The van der Waals surface area contributed by atoms with Crippen LogP contribution < -0.4 is 11.1 Å². The summed E-state index contributed by atoms with van der Waals surface area (Å²) in [6, 6.07) is -0.806. The molecule has 4 N–H and O–H groups in total. The lowest BCUT2D eigenvalue weighted by atomic mass is 9.94. The number of hydrogen-bond acceptors (Lipinski definition) is 3. The zero-order chi connectivity index (χ0) is 12.5. The van der Waals surface area contributed by atoms with Crippen LogP contribution in [0.4, 0.5) is 4.79 Å². The smallest absolute Gasteiger partial charge is 0.408 e. The third kappa shape index (κ3) is 2.63. The molecule has 0 unspecified atom stereocenters. The number of carbonyl (C=O) groups is 2. The van der Waals surface area contributed by atoms with E-state index in [2.05, 4.69) is 5.32 Å². The minimum absolute atomic E-state index is 0.130. The normalized spacial score (nSPS) is 26.1. The molecule has 1 fully saturated rings. The Balaban J connectivity index is 2.93. The number of nitrogens with one attached hydrogen (secondary N) is 1. The standard InChI is InChI=1S/C10H19N3O3/c1-10(2,3)13(9(15)16)7-4-8(14)12-5-6(7)11/h6-7H,4-5,11H2,1-3H3,(H,12,14)(H,15,16)/t6-,7-/m1/s1. The van der Waals surface area contributed by atoms with Gasteiger partial charge in [0.1, 0.15) is 0 Å². The van der Waals surface area contributed by atoms with Gasteiger partial charge in [0.05, 0.1) is 6.04 Å². The topological polar surface area (TPSA) is 95.7 Å². The van der Waals surface area contributed by atoms with Crippen molar-refractivity contribution >= 4 is 12.0 Å². The number of nitrogens with two attached hydrogens (primary N) is 1. The van der Waals surface area contributed by atoms with Crippen LogP contribution in [0.2, 0.25) is 0 Å². The minimum atomic E-state index is -1.04. The molecule has 1 aliphatic rings. The van der Waals surface area contributed by atoms with Crippen molar-refractivity contribution in [2.45, 2.75) is 44.8 Å². The van der Waals surface area contributed by atoms with Crippen molar-refractivity contribution in [1.82, 2.24) is 10.2 Å². The molecule has 0 radical (unpaired) electrons. The van der Waals surface area contributed by atoms with E-state index in [1.807, 2.05) is 0 Å². The van der Waals surface area contributed by atoms with Crippen LogP contribution in [-0.2, 0) is 4.79 Å². The SMILES string of the molecule is CC(C)(C)N(C(=O)O)[C@@H]1CC(=O)NC[C@H]1N. The molecule has 1 rings (SSSR count). The second-order valence-electron chi connectivity index (χ2n) is 5.06. The number of nitrogens with zero attached hydrogens (tertiary/aromatic N) is 1. The van der Waals surface area contributed by atoms with Crippen LogP contribution in [0.1, 0.15) is 27.2 Å². The van der Waals surface area contributed by atoms with Crippen molar-refractivity contribution in [3.63, 3.8) is 0 Å². The van der Waals surface area contributed by atoms with Gasteiger partial charge in [-0.2, -0.15) is 0 Å². The highest BCUT2D eigenvalue weighted by Crippen LogP contribution is 2.22. The highest BCUT2D eigenvalue weighted by atomic mass is 16.4. The van der Waals surface area contributed by atoms with Crippen LogP contribution in [0.25, 0.3) is 0 Å². The van der Waals surface area contributed by atoms with Gasteiger partial charge in [0.25, 0.3) is 0 Å². The largest absolute Gasteiger partial charge is 0.465 e. The van der Waals surface area contributed by atoms with E-state index in [9.17, 15) is 14.7 Å². The van der Waals surface area contributed by atoms with E-state index >= 15 is 0 Å². The van der Waals surface area contributed by atoms with Crippen molar-refractivity contribution in [1.29, 1.82) is 0 Å². The summed E-state index contributed by atoms with van der Waals surface area (Å²) in [4.78, 5) is 23.8. The van der Waals surface area contributed by atoms with E-state index < -0.39 is 17.7 Å². The molecule has 0 aromatic carbocycles. The highest BCUT2D eigenvalue weighted by molar-refractivity contribution is 5.79. The fraction of sp³-hybridized carbons (Fsp3) is 0.800. The molecule has 0 aromatic heterocycles. The molecule has 1 heterocycles. The van der Waals surface area contributed by atoms with E-state index in [0.29, 0.717) is 6.54 Å². The molecule has 0 aromatic rings. The first kappa shape index (κ1) is 12.8. The zero-order valence-corrected chi connectivity index (χ0v) is 9.86. The molecule has 1 saturated heterocycles. The van der Waals surface area contributed by atoms with Gasteiger partial charge in [-0.1, -0.05) is 0 Å². The monoisotopic (exact) mass is 229 g/mol. The van der Waals surface area contributed by atoms with E-state index in [4.69, 9.17) is 5.73 Å². The molecule has 92 valence electrons. The molecular weight excluding hydrogens is 210 g/mol. The van der Waals surface area contributed by atoms with Gasteiger partial charge in [-0.15, -0.1) is 0 Å². The molecule has 6 heteroatoms. The third-order valence-electron chi connectivity index (χ3n) is 2.68. The van der Waals surface area contributed by atoms with Crippen LogP contribution in [-0.4, -0.2) is 46.2 Å². The number of rotatable bonds is 1. The lowest BCUT2D eigenvalue weighted by molar-refractivity contribution is -0.124.